The zero-order valence-corrected chi connectivity index (χ0v) is 16.6. The van der Waals surface area contributed by atoms with E-state index in [0.717, 1.165) is 22.4 Å². The van der Waals surface area contributed by atoms with Crippen LogP contribution in [0.25, 0.3) is 5.76 Å². The monoisotopic (exact) mass is 395 g/mol. The number of ether oxygens (including phenoxy) is 2. The number of methoxy groups -OCH3 is 1. The van der Waals surface area contributed by atoms with Crippen LogP contribution in [0, 0.1) is 17.2 Å². The SMILES string of the molecule is COc1ccc([C@H]2C(C#N)=C(c3ccccc3)OC(=O)[C@H]2Cc2ccccc2)cc1. The first-order chi connectivity index (χ1) is 14.7. The van der Waals surface area contributed by atoms with Crippen LogP contribution in [-0.4, -0.2) is 13.1 Å². The number of hydrogen-bond donors (Lipinski definition) is 0. The molecule has 30 heavy (non-hydrogen) atoms. The van der Waals surface area contributed by atoms with E-state index in [0.29, 0.717) is 17.8 Å². The minimum atomic E-state index is -0.497. The summed E-state index contributed by atoms with van der Waals surface area (Å²) in [6, 6.07) is 29.0. The lowest BCUT2D eigenvalue weighted by Crippen LogP contribution is -2.32. The van der Waals surface area contributed by atoms with Crippen molar-refractivity contribution in [2.45, 2.75) is 12.3 Å². The van der Waals surface area contributed by atoms with Crippen LogP contribution in [0.2, 0.25) is 0 Å². The molecule has 0 saturated heterocycles. The number of benzene rings is 3. The van der Waals surface area contributed by atoms with Crippen molar-refractivity contribution >= 4 is 11.7 Å². The molecule has 0 aromatic heterocycles. The lowest BCUT2D eigenvalue weighted by atomic mass is 9.75. The van der Waals surface area contributed by atoms with E-state index in [2.05, 4.69) is 6.07 Å². The summed E-state index contributed by atoms with van der Waals surface area (Å²) in [5.41, 5.74) is 3.10. The minimum Gasteiger partial charge on any atom is -0.497 e. The maximum Gasteiger partial charge on any atom is 0.315 e. The van der Waals surface area contributed by atoms with Crippen molar-refractivity contribution in [1.82, 2.24) is 0 Å². The molecule has 4 heteroatoms. The number of hydrogen-bond acceptors (Lipinski definition) is 4. The molecular formula is C26H21NO3. The number of nitrogens with zero attached hydrogens (tertiary/aromatic N) is 1. The molecule has 148 valence electrons. The minimum absolute atomic E-state index is 0.322. The molecule has 3 aromatic carbocycles. The average molecular weight is 395 g/mol. The number of carbonyl (C=O) groups excluding carboxylic acids is 1. The Bertz CT molecular complexity index is 1100. The molecule has 0 saturated carbocycles. The standard InChI is InChI=1S/C26H21NO3/c1-29-21-14-12-19(13-15-21)24-22(16-18-8-4-2-5-9-18)26(28)30-25(23(24)17-27)20-10-6-3-7-11-20/h2-15,22,24H,16H2,1H3/t22-,24+/m0/s1. The molecule has 1 heterocycles. The average Bonchev–Trinajstić information content (AvgIpc) is 2.81. The Balaban J connectivity index is 1.85. The van der Waals surface area contributed by atoms with Gasteiger partial charge in [0.1, 0.15) is 5.75 Å². The van der Waals surface area contributed by atoms with Crippen molar-refractivity contribution in [1.29, 1.82) is 5.26 Å². The Morgan fingerprint density at radius 1 is 0.933 bits per heavy atom. The van der Waals surface area contributed by atoms with Gasteiger partial charge in [0.05, 0.1) is 24.7 Å². The van der Waals surface area contributed by atoms with E-state index in [4.69, 9.17) is 9.47 Å². The maximum atomic E-state index is 13.2. The molecule has 0 radical (unpaired) electrons. The zero-order chi connectivity index (χ0) is 20.9. The molecule has 4 nitrogen and oxygen atoms in total. The normalized spacial score (nSPS) is 18.5. The van der Waals surface area contributed by atoms with Crippen LogP contribution >= 0.6 is 0 Å². The summed E-state index contributed by atoms with van der Waals surface area (Å²) >= 11 is 0. The molecule has 1 aliphatic heterocycles. The second-order valence-electron chi connectivity index (χ2n) is 7.19. The maximum absolute atomic E-state index is 13.2. The number of nitriles is 1. The van der Waals surface area contributed by atoms with Crippen molar-refractivity contribution in [3.63, 3.8) is 0 Å². The van der Waals surface area contributed by atoms with Crippen LogP contribution in [-0.2, 0) is 16.0 Å². The van der Waals surface area contributed by atoms with Crippen LogP contribution in [0.5, 0.6) is 5.75 Å². The van der Waals surface area contributed by atoms with Gasteiger partial charge >= 0.3 is 5.97 Å². The molecule has 4 rings (SSSR count). The first-order valence-corrected chi connectivity index (χ1v) is 9.80. The molecule has 0 amide bonds. The molecule has 0 fully saturated rings. The van der Waals surface area contributed by atoms with Gasteiger partial charge in [-0.2, -0.15) is 5.26 Å². The summed E-state index contributed by atoms with van der Waals surface area (Å²) in [4.78, 5) is 13.2. The van der Waals surface area contributed by atoms with Crippen LogP contribution in [0.4, 0.5) is 0 Å². The molecule has 1 aliphatic rings. The van der Waals surface area contributed by atoms with E-state index < -0.39 is 11.8 Å². The number of cyclic esters (lactones) is 1. The Morgan fingerprint density at radius 2 is 1.57 bits per heavy atom. The van der Waals surface area contributed by atoms with Gasteiger partial charge in [-0.3, -0.25) is 4.79 Å². The summed E-state index contributed by atoms with van der Waals surface area (Å²) < 4.78 is 11.0. The van der Waals surface area contributed by atoms with Gasteiger partial charge in [-0.15, -0.1) is 0 Å². The van der Waals surface area contributed by atoms with Crippen LogP contribution in [0.1, 0.15) is 22.6 Å². The fourth-order valence-corrected chi connectivity index (χ4v) is 3.91. The highest BCUT2D eigenvalue weighted by Crippen LogP contribution is 2.43. The lowest BCUT2D eigenvalue weighted by molar-refractivity contribution is -0.143. The quantitative estimate of drug-likeness (QED) is 0.562. The Labute approximate surface area is 176 Å². The zero-order valence-electron chi connectivity index (χ0n) is 16.6. The van der Waals surface area contributed by atoms with E-state index >= 15 is 0 Å². The lowest BCUT2D eigenvalue weighted by Gasteiger charge is -2.32. The second-order valence-corrected chi connectivity index (χ2v) is 7.19. The van der Waals surface area contributed by atoms with Crippen LogP contribution in [0.15, 0.2) is 90.5 Å². The third kappa shape index (κ3) is 3.83. The summed E-state index contributed by atoms with van der Waals surface area (Å²) in [7, 11) is 1.61. The highest BCUT2D eigenvalue weighted by molar-refractivity contribution is 5.87. The van der Waals surface area contributed by atoms with E-state index in [-0.39, 0.29) is 5.97 Å². The van der Waals surface area contributed by atoms with Crippen molar-refractivity contribution in [3.8, 4) is 11.8 Å². The van der Waals surface area contributed by atoms with Crippen molar-refractivity contribution in [2.24, 2.45) is 5.92 Å². The van der Waals surface area contributed by atoms with Gasteiger partial charge < -0.3 is 9.47 Å². The van der Waals surface area contributed by atoms with Gasteiger partial charge in [-0.25, -0.2) is 0 Å². The predicted molar refractivity (Wildman–Crippen MR) is 114 cm³/mol. The third-order valence-corrected chi connectivity index (χ3v) is 5.39. The van der Waals surface area contributed by atoms with Gasteiger partial charge in [0.2, 0.25) is 0 Å². The smallest absolute Gasteiger partial charge is 0.315 e. The summed E-state index contributed by atoms with van der Waals surface area (Å²) in [6.45, 7) is 0. The van der Waals surface area contributed by atoms with E-state index in [1.807, 2.05) is 84.9 Å². The number of carbonyl (C=O) groups is 1. The van der Waals surface area contributed by atoms with Crippen molar-refractivity contribution < 1.29 is 14.3 Å². The number of esters is 1. The van der Waals surface area contributed by atoms with Gasteiger partial charge in [0.15, 0.2) is 5.76 Å². The van der Waals surface area contributed by atoms with Crippen LogP contribution < -0.4 is 4.74 Å². The summed E-state index contributed by atoms with van der Waals surface area (Å²) in [5.74, 6) is -0.159. The third-order valence-electron chi connectivity index (χ3n) is 5.39. The van der Waals surface area contributed by atoms with Gasteiger partial charge in [0.25, 0.3) is 0 Å². The Kier molecular flexibility index (Phi) is 5.63. The molecule has 0 N–H and O–H groups in total. The Hall–Kier alpha value is -3.84. The molecule has 0 bridgehead atoms. The van der Waals surface area contributed by atoms with Gasteiger partial charge in [0, 0.05) is 11.5 Å². The van der Waals surface area contributed by atoms with E-state index in [1.54, 1.807) is 7.11 Å². The molecule has 3 aromatic rings. The molecule has 0 spiro atoms. The Morgan fingerprint density at radius 3 is 2.17 bits per heavy atom. The first kappa shape index (κ1) is 19.5. The highest BCUT2D eigenvalue weighted by Gasteiger charge is 2.41. The molecule has 2 atom stereocenters. The first-order valence-electron chi connectivity index (χ1n) is 9.80. The number of allylic oxidation sites excluding steroid dienone is 1. The number of rotatable bonds is 5. The van der Waals surface area contributed by atoms with Crippen molar-refractivity contribution in [2.75, 3.05) is 7.11 Å². The largest absolute Gasteiger partial charge is 0.497 e. The highest BCUT2D eigenvalue weighted by atomic mass is 16.5. The van der Waals surface area contributed by atoms with Crippen LogP contribution in [0.3, 0.4) is 0 Å². The summed E-state index contributed by atoms with van der Waals surface area (Å²) in [6.07, 6.45) is 0.490. The second kappa shape index (κ2) is 8.67. The topological polar surface area (TPSA) is 59.3 Å². The van der Waals surface area contributed by atoms with E-state index in [1.165, 1.54) is 0 Å². The fourth-order valence-electron chi connectivity index (χ4n) is 3.91. The van der Waals surface area contributed by atoms with Crippen molar-refractivity contribution in [3.05, 3.63) is 107 Å². The predicted octanol–water partition coefficient (Wildman–Crippen LogP) is 5.13. The molecular weight excluding hydrogens is 374 g/mol. The van der Waals surface area contributed by atoms with Gasteiger partial charge in [-0.1, -0.05) is 72.8 Å². The van der Waals surface area contributed by atoms with Gasteiger partial charge in [-0.05, 0) is 29.7 Å². The fraction of sp³-hybridized carbons (Fsp3) is 0.154. The van der Waals surface area contributed by atoms with E-state index in [9.17, 15) is 10.1 Å². The summed E-state index contributed by atoms with van der Waals surface area (Å²) in [5, 5.41) is 10.1. The molecule has 0 unspecified atom stereocenters. The molecule has 0 aliphatic carbocycles.